The number of Topliss-reactive ketones (excluding diaryl/α,β-unsaturated/α-hetero) is 3. The van der Waals surface area contributed by atoms with Crippen LogP contribution in [0.1, 0.15) is 35.3 Å². The lowest BCUT2D eigenvalue weighted by molar-refractivity contribution is -0.133. The second-order valence-corrected chi connectivity index (χ2v) is 5.87. The van der Waals surface area contributed by atoms with Crippen molar-refractivity contribution >= 4 is 28.4 Å². The van der Waals surface area contributed by atoms with Gasteiger partial charge in [-0.3, -0.25) is 23.7 Å². The number of hydrogen-bond acceptors (Lipinski definition) is 5. The molecule has 0 N–H and O–H groups in total. The Bertz CT molecular complexity index is 895. The zero-order chi connectivity index (χ0) is 16.7. The summed E-state index contributed by atoms with van der Waals surface area (Å²) in [5.41, 5.74) is 0.558. The molecule has 0 saturated heterocycles. The normalized spacial score (nSPS) is 16.1. The fourth-order valence-electron chi connectivity index (χ4n) is 2.96. The highest BCUT2D eigenvalue weighted by molar-refractivity contribution is 6.25. The van der Waals surface area contributed by atoms with E-state index in [0.29, 0.717) is 17.5 Å². The third kappa shape index (κ3) is 2.50. The number of carbonyl (C=O) groups excluding carboxylic acids is 3. The third-order valence-corrected chi connectivity index (χ3v) is 4.22. The molecule has 2 heterocycles. The molecule has 0 spiro atoms. The topological polar surface area (TPSA) is 86.1 Å². The van der Waals surface area contributed by atoms with Crippen molar-refractivity contribution in [2.45, 2.75) is 26.2 Å². The van der Waals surface area contributed by atoms with Crippen molar-refractivity contribution in [3.8, 4) is 0 Å². The fraction of sp³-hybridized carbons (Fsp3) is 0.353. The van der Waals surface area contributed by atoms with Crippen LogP contribution in [-0.4, -0.2) is 26.9 Å². The first kappa shape index (κ1) is 15.3. The molecule has 6 nitrogen and oxygen atoms in total. The highest BCUT2D eigenvalue weighted by Gasteiger charge is 2.37. The van der Waals surface area contributed by atoms with Crippen molar-refractivity contribution in [2.75, 3.05) is 0 Å². The molecule has 2 aromatic heterocycles. The molecule has 0 radical (unpaired) electrons. The summed E-state index contributed by atoms with van der Waals surface area (Å²) in [6, 6.07) is 4.97. The van der Waals surface area contributed by atoms with Crippen LogP contribution in [0.4, 0.5) is 0 Å². The number of ketones is 3. The predicted molar refractivity (Wildman–Crippen MR) is 83.4 cm³/mol. The van der Waals surface area contributed by atoms with Crippen LogP contribution in [0.5, 0.6) is 0 Å². The Labute approximate surface area is 132 Å². The molecule has 0 bridgehead atoms. The Morgan fingerprint density at radius 1 is 1.17 bits per heavy atom. The van der Waals surface area contributed by atoms with Crippen LogP contribution in [0.15, 0.2) is 23.0 Å². The number of carbonyl (C=O) groups is 3. The molecule has 1 fully saturated rings. The van der Waals surface area contributed by atoms with Gasteiger partial charge in [0.25, 0.3) is 5.56 Å². The smallest absolute Gasteiger partial charge is 0.262 e. The van der Waals surface area contributed by atoms with E-state index in [1.54, 1.807) is 12.1 Å². The molecule has 1 saturated carbocycles. The molecule has 0 aromatic carbocycles. The van der Waals surface area contributed by atoms with Gasteiger partial charge in [0, 0.05) is 31.0 Å². The van der Waals surface area contributed by atoms with Gasteiger partial charge in [0.15, 0.2) is 17.3 Å². The number of aryl methyl sites for hydroxylation is 2. The second kappa shape index (κ2) is 5.53. The summed E-state index contributed by atoms with van der Waals surface area (Å²) in [4.78, 5) is 53.3. The first-order chi connectivity index (χ1) is 10.9. The standard InChI is InChI=1S/C17H16N2O4/c1-9-6-7-10-8-11(17(23)19(2)16(10)18-9)15(22)14-12(20)4-3-5-13(14)21/h6-8,14H,3-5H2,1-2H3. The van der Waals surface area contributed by atoms with Gasteiger partial charge in [-0.05, 0) is 31.5 Å². The van der Waals surface area contributed by atoms with Gasteiger partial charge in [0.1, 0.15) is 11.6 Å². The molecule has 1 aliphatic rings. The van der Waals surface area contributed by atoms with Crippen LogP contribution in [0.25, 0.3) is 11.0 Å². The molecule has 0 aliphatic heterocycles. The number of hydrogen-bond donors (Lipinski definition) is 0. The number of aromatic nitrogens is 2. The molecule has 118 valence electrons. The van der Waals surface area contributed by atoms with Gasteiger partial charge in [-0.15, -0.1) is 0 Å². The predicted octanol–water partition coefficient (Wildman–Crippen LogP) is 1.36. The zero-order valence-electron chi connectivity index (χ0n) is 13.0. The molecule has 23 heavy (non-hydrogen) atoms. The highest BCUT2D eigenvalue weighted by atomic mass is 16.2. The van der Waals surface area contributed by atoms with E-state index in [4.69, 9.17) is 0 Å². The van der Waals surface area contributed by atoms with Crippen molar-refractivity contribution in [3.63, 3.8) is 0 Å². The monoisotopic (exact) mass is 312 g/mol. The molecule has 3 rings (SSSR count). The maximum Gasteiger partial charge on any atom is 0.262 e. The van der Waals surface area contributed by atoms with Crippen LogP contribution in [0.2, 0.25) is 0 Å². The van der Waals surface area contributed by atoms with Crippen molar-refractivity contribution in [1.82, 2.24) is 9.55 Å². The third-order valence-electron chi connectivity index (χ3n) is 4.22. The Kier molecular flexibility index (Phi) is 3.67. The highest BCUT2D eigenvalue weighted by Crippen LogP contribution is 2.22. The molecule has 0 unspecified atom stereocenters. The first-order valence-electron chi connectivity index (χ1n) is 7.47. The van der Waals surface area contributed by atoms with E-state index >= 15 is 0 Å². The molecule has 0 atom stereocenters. The van der Waals surface area contributed by atoms with Crippen molar-refractivity contribution in [3.05, 3.63) is 39.8 Å². The summed E-state index contributed by atoms with van der Waals surface area (Å²) in [5, 5.41) is 0.622. The van der Waals surface area contributed by atoms with Gasteiger partial charge in [0.2, 0.25) is 0 Å². The number of rotatable bonds is 2. The lowest BCUT2D eigenvalue weighted by atomic mass is 9.82. The van der Waals surface area contributed by atoms with Crippen LogP contribution in [0.3, 0.4) is 0 Å². The first-order valence-corrected chi connectivity index (χ1v) is 7.47. The molecule has 0 amide bonds. The van der Waals surface area contributed by atoms with E-state index < -0.39 is 28.8 Å². The van der Waals surface area contributed by atoms with E-state index in [1.807, 2.05) is 6.92 Å². The molecular formula is C17H16N2O4. The SMILES string of the molecule is Cc1ccc2cc(C(=O)C3C(=O)CCCC3=O)c(=O)n(C)c2n1. The van der Waals surface area contributed by atoms with E-state index in [0.717, 1.165) is 5.69 Å². The van der Waals surface area contributed by atoms with Crippen LogP contribution < -0.4 is 5.56 Å². The minimum absolute atomic E-state index is 0.126. The minimum Gasteiger partial charge on any atom is -0.298 e. The van der Waals surface area contributed by atoms with Gasteiger partial charge < -0.3 is 0 Å². The van der Waals surface area contributed by atoms with E-state index in [2.05, 4.69) is 4.98 Å². The van der Waals surface area contributed by atoms with E-state index in [1.165, 1.54) is 17.7 Å². The zero-order valence-corrected chi connectivity index (χ0v) is 13.0. The van der Waals surface area contributed by atoms with Gasteiger partial charge in [-0.2, -0.15) is 0 Å². The van der Waals surface area contributed by atoms with Crippen molar-refractivity contribution in [2.24, 2.45) is 13.0 Å². The molecule has 6 heteroatoms. The minimum atomic E-state index is -1.33. The Hall–Kier alpha value is -2.63. The molecule has 2 aromatic rings. The van der Waals surface area contributed by atoms with Crippen molar-refractivity contribution < 1.29 is 14.4 Å². The quantitative estimate of drug-likeness (QED) is 0.617. The van der Waals surface area contributed by atoms with Gasteiger partial charge >= 0.3 is 0 Å². The Balaban J connectivity index is 2.16. The van der Waals surface area contributed by atoms with E-state index in [-0.39, 0.29) is 18.4 Å². The largest absolute Gasteiger partial charge is 0.298 e. The van der Waals surface area contributed by atoms with Gasteiger partial charge in [-0.1, -0.05) is 0 Å². The summed E-state index contributed by atoms with van der Waals surface area (Å²) in [6.45, 7) is 1.81. The summed E-state index contributed by atoms with van der Waals surface area (Å²) in [6.07, 6.45) is 0.883. The summed E-state index contributed by atoms with van der Waals surface area (Å²) >= 11 is 0. The molecular weight excluding hydrogens is 296 g/mol. The van der Waals surface area contributed by atoms with Crippen LogP contribution in [-0.2, 0) is 16.6 Å². The Morgan fingerprint density at radius 3 is 2.48 bits per heavy atom. The average Bonchev–Trinajstić information content (AvgIpc) is 2.51. The van der Waals surface area contributed by atoms with Gasteiger partial charge in [0.05, 0.1) is 5.56 Å². The number of pyridine rings is 2. The second-order valence-electron chi connectivity index (χ2n) is 5.87. The lowest BCUT2D eigenvalue weighted by Crippen LogP contribution is -2.38. The average molecular weight is 312 g/mol. The molecule has 1 aliphatic carbocycles. The lowest BCUT2D eigenvalue weighted by Gasteiger charge is -2.18. The van der Waals surface area contributed by atoms with Crippen molar-refractivity contribution in [1.29, 1.82) is 0 Å². The fourth-order valence-corrected chi connectivity index (χ4v) is 2.96. The summed E-state index contributed by atoms with van der Waals surface area (Å²) in [7, 11) is 1.53. The van der Waals surface area contributed by atoms with Crippen LogP contribution in [0, 0.1) is 12.8 Å². The number of nitrogens with zero attached hydrogens (tertiary/aromatic N) is 2. The summed E-state index contributed by atoms with van der Waals surface area (Å²) < 4.78 is 1.29. The number of fused-ring (bicyclic) bond motifs is 1. The Morgan fingerprint density at radius 2 is 1.83 bits per heavy atom. The maximum atomic E-state index is 12.6. The maximum absolute atomic E-state index is 12.6. The van der Waals surface area contributed by atoms with Gasteiger partial charge in [-0.25, -0.2) is 4.98 Å². The van der Waals surface area contributed by atoms with Crippen LogP contribution >= 0.6 is 0 Å². The summed E-state index contributed by atoms with van der Waals surface area (Å²) in [5.74, 6) is -2.80. The van der Waals surface area contributed by atoms with E-state index in [9.17, 15) is 19.2 Å².